The van der Waals surface area contributed by atoms with Gasteiger partial charge in [-0.1, -0.05) is 35.0 Å². The number of rotatable bonds is 5. The molecule has 0 aliphatic carbocycles. The second kappa shape index (κ2) is 8.99. The number of hydrogen-bond acceptors (Lipinski definition) is 8. The van der Waals surface area contributed by atoms with Crippen LogP contribution in [0.2, 0.25) is 0 Å². The number of tetrazole rings is 1. The van der Waals surface area contributed by atoms with Crippen molar-refractivity contribution < 1.29 is 32.0 Å². The van der Waals surface area contributed by atoms with Crippen molar-refractivity contribution in [3.05, 3.63) is 41.7 Å². The van der Waals surface area contributed by atoms with Gasteiger partial charge in [-0.15, -0.1) is 4.68 Å². The third-order valence-electron chi connectivity index (χ3n) is 2.87. The van der Waals surface area contributed by atoms with Crippen molar-refractivity contribution in [2.75, 3.05) is 13.4 Å². The first-order valence-corrected chi connectivity index (χ1v) is 8.78. The van der Waals surface area contributed by atoms with Crippen molar-refractivity contribution in [1.82, 2.24) is 15.1 Å². The number of esters is 1. The molecule has 0 fully saturated rings. The second-order valence-electron chi connectivity index (χ2n) is 4.92. The number of methoxy groups -OCH3 is 1. The summed E-state index contributed by atoms with van der Waals surface area (Å²) in [4.78, 5) is 23.5. The zero-order chi connectivity index (χ0) is 19.0. The standard InChI is InChI=1S/C13H15N4O3.CH4O3S/c1-16-12(8-13(19)20-2)17(15-14-16)9-11(18)10-6-4-3-5-7-10;1-5(2,3)4/h3-7H,8-9H2,1-2H3;1H3,(H,2,3,4)/q+1;/p-1. The number of carbonyl (C=O) groups is 2. The first-order chi connectivity index (χ1) is 11.6. The van der Waals surface area contributed by atoms with Gasteiger partial charge in [0.25, 0.3) is 5.82 Å². The lowest BCUT2D eigenvalue weighted by Gasteiger charge is -1.99. The number of carbonyl (C=O) groups excluding carboxylic acids is 2. The number of ketones is 1. The normalized spacial score (nSPS) is 10.6. The van der Waals surface area contributed by atoms with Crippen LogP contribution in [0.3, 0.4) is 0 Å². The molecule has 11 heteroatoms. The van der Waals surface area contributed by atoms with Gasteiger partial charge >= 0.3 is 5.97 Å². The average Bonchev–Trinajstić information content (AvgIpc) is 2.87. The Balaban J connectivity index is 0.000000550. The predicted octanol–water partition coefficient (Wildman–Crippen LogP) is -1.14. The van der Waals surface area contributed by atoms with Crippen LogP contribution in [0.25, 0.3) is 0 Å². The van der Waals surface area contributed by atoms with E-state index in [0.29, 0.717) is 17.6 Å². The largest absolute Gasteiger partial charge is 0.748 e. The van der Waals surface area contributed by atoms with Crippen LogP contribution >= 0.6 is 0 Å². The molecule has 0 bridgehead atoms. The van der Waals surface area contributed by atoms with E-state index in [2.05, 4.69) is 15.2 Å². The minimum Gasteiger partial charge on any atom is -0.748 e. The SMILES string of the molecule is COC(=O)Cc1n(CC(=O)c2ccccc2)nn[n+]1C.CS(=O)(=O)[O-]. The molecule has 0 atom stereocenters. The number of hydrogen-bond donors (Lipinski definition) is 0. The minimum atomic E-state index is -3.92. The third-order valence-corrected chi connectivity index (χ3v) is 2.87. The summed E-state index contributed by atoms with van der Waals surface area (Å²) >= 11 is 0. The number of ether oxygens (including phenoxy) is 1. The fourth-order valence-corrected chi connectivity index (χ4v) is 1.76. The highest BCUT2D eigenvalue weighted by atomic mass is 32.2. The summed E-state index contributed by atoms with van der Waals surface area (Å²) in [5.41, 5.74) is 0.592. The maximum Gasteiger partial charge on any atom is 0.316 e. The lowest BCUT2D eigenvalue weighted by molar-refractivity contribution is -0.738. The number of aromatic nitrogens is 4. The van der Waals surface area contributed by atoms with E-state index < -0.39 is 16.1 Å². The average molecular weight is 370 g/mol. The van der Waals surface area contributed by atoms with Crippen LogP contribution in [0.15, 0.2) is 30.3 Å². The van der Waals surface area contributed by atoms with Gasteiger partial charge in [0.05, 0.1) is 24.3 Å². The Morgan fingerprint density at radius 2 is 1.84 bits per heavy atom. The van der Waals surface area contributed by atoms with Crippen LogP contribution in [0.4, 0.5) is 0 Å². The van der Waals surface area contributed by atoms with Gasteiger partial charge in [-0.2, -0.15) is 0 Å². The monoisotopic (exact) mass is 370 g/mol. The highest BCUT2D eigenvalue weighted by Gasteiger charge is 2.24. The molecule has 0 saturated heterocycles. The quantitative estimate of drug-likeness (QED) is 0.279. The van der Waals surface area contributed by atoms with Crippen LogP contribution in [0.1, 0.15) is 16.2 Å². The highest BCUT2D eigenvalue weighted by molar-refractivity contribution is 7.84. The topological polar surface area (TPSA) is 135 Å². The molecular formula is C14H18N4O6S. The molecule has 0 N–H and O–H groups in total. The van der Waals surface area contributed by atoms with Gasteiger partial charge in [0.1, 0.15) is 11.6 Å². The van der Waals surface area contributed by atoms with Gasteiger partial charge in [-0.05, 0) is 0 Å². The van der Waals surface area contributed by atoms with E-state index in [4.69, 9.17) is 13.0 Å². The molecule has 1 aromatic carbocycles. The molecule has 136 valence electrons. The summed E-state index contributed by atoms with van der Waals surface area (Å²) in [6, 6.07) is 8.90. The fraction of sp³-hybridized carbons (Fsp3) is 0.357. The van der Waals surface area contributed by atoms with E-state index in [1.54, 1.807) is 31.3 Å². The Kier molecular flexibility index (Phi) is 7.33. The number of benzene rings is 1. The Morgan fingerprint density at radius 1 is 1.28 bits per heavy atom. The molecule has 1 heterocycles. The molecule has 25 heavy (non-hydrogen) atoms. The van der Waals surface area contributed by atoms with E-state index in [0.717, 1.165) is 0 Å². The molecule has 2 aromatic rings. The van der Waals surface area contributed by atoms with Crippen molar-refractivity contribution in [2.45, 2.75) is 13.0 Å². The second-order valence-corrected chi connectivity index (χ2v) is 6.33. The Hall–Kier alpha value is -2.66. The molecule has 0 radical (unpaired) electrons. The lowest BCUT2D eigenvalue weighted by atomic mass is 10.1. The maximum absolute atomic E-state index is 12.1. The van der Waals surface area contributed by atoms with E-state index in [-0.39, 0.29) is 18.7 Å². The van der Waals surface area contributed by atoms with Crippen LogP contribution in [0.5, 0.6) is 0 Å². The highest BCUT2D eigenvalue weighted by Crippen LogP contribution is 2.03. The van der Waals surface area contributed by atoms with Crippen molar-refractivity contribution in [2.24, 2.45) is 7.05 Å². The summed E-state index contributed by atoms with van der Waals surface area (Å²) in [6.45, 7) is 0.0319. The molecule has 0 aliphatic heterocycles. The third kappa shape index (κ3) is 7.63. The van der Waals surface area contributed by atoms with Gasteiger partial charge in [-0.25, -0.2) is 8.42 Å². The van der Waals surface area contributed by atoms with Crippen molar-refractivity contribution in [3.8, 4) is 0 Å². The Morgan fingerprint density at radius 3 is 2.36 bits per heavy atom. The predicted molar refractivity (Wildman–Crippen MR) is 83.3 cm³/mol. The van der Waals surface area contributed by atoms with E-state index in [1.807, 2.05) is 6.07 Å². The van der Waals surface area contributed by atoms with Crippen LogP contribution in [-0.2, 0) is 39.7 Å². The summed E-state index contributed by atoms with van der Waals surface area (Å²) in [7, 11) is -0.944. The van der Waals surface area contributed by atoms with Gasteiger partial charge in [0.2, 0.25) is 5.78 Å². The summed E-state index contributed by atoms with van der Waals surface area (Å²) < 4.78 is 34.7. The number of aryl methyl sites for hydroxylation is 1. The molecule has 1 aromatic heterocycles. The van der Waals surface area contributed by atoms with Gasteiger partial charge < -0.3 is 9.29 Å². The maximum atomic E-state index is 12.1. The van der Waals surface area contributed by atoms with Crippen LogP contribution < -0.4 is 4.68 Å². The molecule has 0 saturated carbocycles. The van der Waals surface area contributed by atoms with Gasteiger partial charge in [0, 0.05) is 11.8 Å². The Labute approximate surface area is 144 Å². The van der Waals surface area contributed by atoms with E-state index in [1.165, 1.54) is 16.5 Å². The molecular weight excluding hydrogens is 352 g/mol. The summed E-state index contributed by atoms with van der Waals surface area (Å²) in [5, 5.41) is 7.69. The number of Topliss-reactive ketones (excluding diaryl/α,β-unsaturated/α-hetero) is 1. The summed E-state index contributed by atoms with van der Waals surface area (Å²) in [5.74, 6) is 0.0136. The summed E-state index contributed by atoms with van der Waals surface area (Å²) in [6.07, 6.45) is 0.620. The zero-order valence-corrected chi connectivity index (χ0v) is 14.8. The molecule has 0 aliphatic rings. The molecule has 0 unspecified atom stereocenters. The van der Waals surface area contributed by atoms with Gasteiger partial charge in [0.15, 0.2) is 11.8 Å². The molecule has 0 spiro atoms. The van der Waals surface area contributed by atoms with Gasteiger partial charge in [-0.3, -0.25) is 9.59 Å². The minimum absolute atomic E-state index is 0.0159. The first-order valence-electron chi connectivity index (χ1n) is 6.96. The lowest BCUT2D eigenvalue weighted by Crippen LogP contribution is -2.37. The zero-order valence-electron chi connectivity index (χ0n) is 13.9. The molecule has 0 amide bonds. The van der Waals surface area contributed by atoms with Crippen LogP contribution in [0, 0.1) is 0 Å². The van der Waals surface area contributed by atoms with E-state index in [9.17, 15) is 9.59 Å². The Bertz CT molecular complexity index is 824. The fourth-order valence-electron chi connectivity index (χ4n) is 1.76. The van der Waals surface area contributed by atoms with Crippen molar-refractivity contribution in [3.63, 3.8) is 0 Å². The van der Waals surface area contributed by atoms with Crippen molar-refractivity contribution in [1.29, 1.82) is 0 Å². The molecule has 10 nitrogen and oxygen atoms in total. The van der Waals surface area contributed by atoms with Crippen LogP contribution in [-0.4, -0.2) is 53.2 Å². The smallest absolute Gasteiger partial charge is 0.316 e. The van der Waals surface area contributed by atoms with E-state index >= 15 is 0 Å². The van der Waals surface area contributed by atoms with Crippen molar-refractivity contribution >= 4 is 21.9 Å². The first kappa shape index (κ1) is 20.4. The number of nitrogens with zero attached hydrogens (tertiary/aromatic N) is 4. The molecule has 2 rings (SSSR count).